The van der Waals surface area contributed by atoms with E-state index in [-0.39, 0.29) is 6.03 Å². The van der Waals surface area contributed by atoms with Crippen molar-refractivity contribution in [2.24, 2.45) is 0 Å². The molecule has 0 spiro atoms. The molecule has 26 heavy (non-hydrogen) atoms. The van der Waals surface area contributed by atoms with Crippen molar-refractivity contribution in [1.82, 2.24) is 30.4 Å². The zero-order valence-corrected chi connectivity index (χ0v) is 15.0. The van der Waals surface area contributed by atoms with Crippen LogP contribution >= 0.6 is 0 Å². The van der Waals surface area contributed by atoms with Gasteiger partial charge in [-0.2, -0.15) is 5.10 Å². The average molecular weight is 353 g/mol. The van der Waals surface area contributed by atoms with Gasteiger partial charge in [0, 0.05) is 36.6 Å². The minimum absolute atomic E-state index is 0.261. The first-order chi connectivity index (χ1) is 12.7. The predicted molar refractivity (Wildman–Crippen MR) is 102 cm³/mol. The van der Waals surface area contributed by atoms with Crippen molar-refractivity contribution < 1.29 is 4.79 Å². The molecule has 0 atom stereocenters. The Kier molecular flexibility index (Phi) is 5.75. The quantitative estimate of drug-likeness (QED) is 0.606. The van der Waals surface area contributed by atoms with Crippen molar-refractivity contribution in [3.63, 3.8) is 0 Å². The number of H-pyrrole nitrogens is 1. The molecule has 0 aromatic carbocycles. The molecule has 3 heterocycles. The number of pyridine rings is 2. The normalized spacial score (nSPS) is 11.0. The van der Waals surface area contributed by atoms with Crippen LogP contribution in [0.15, 0.2) is 36.8 Å². The number of rotatable bonds is 7. The van der Waals surface area contributed by atoms with E-state index in [1.165, 1.54) is 0 Å². The van der Waals surface area contributed by atoms with Gasteiger partial charge < -0.3 is 10.2 Å². The molecule has 3 rings (SSSR count). The molecule has 0 fully saturated rings. The van der Waals surface area contributed by atoms with Gasteiger partial charge in [-0.15, -0.1) is 0 Å². The lowest BCUT2D eigenvalue weighted by Crippen LogP contribution is -2.37. The molecule has 0 aliphatic rings. The summed E-state index contributed by atoms with van der Waals surface area (Å²) in [5.74, 6) is 0.490. The smallest absolute Gasteiger partial charge is 0.320 e. The van der Waals surface area contributed by atoms with E-state index in [4.69, 9.17) is 0 Å². The minimum atomic E-state index is -0.261. The van der Waals surface area contributed by atoms with Crippen molar-refractivity contribution >= 4 is 22.9 Å². The number of fused-ring (bicyclic) bond motifs is 1. The highest BCUT2D eigenvalue weighted by Gasteiger charge is 2.07. The number of nitrogens with zero attached hydrogens (tertiary/aromatic N) is 4. The monoisotopic (exact) mass is 353 g/mol. The van der Waals surface area contributed by atoms with Gasteiger partial charge in [-0.3, -0.25) is 15.4 Å². The van der Waals surface area contributed by atoms with Crippen molar-refractivity contribution in [2.45, 2.75) is 13.8 Å². The lowest BCUT2D eigenvalue weighted by molar-refractivity contribution is 0.247. The van der Waals surface area contributed by atoms with Gasteiger partial charge in [0.2, 0.25) is 0 Å². The number of amides is 2. The Labute approximate surface area is 152 Å². The highest BCUT2D eigenvalue weighted by Crippen LogP contribution is 2.21. The highest BCUT2D eigenvalue weighted by molar-refractivity contribution is 5.90. The molecule has 8 heteroatoms. The van der Waals surface area contributed by atoms with E-state index in [2.05, 4.69) is 49.5 Å². The summed E-state index contributed by atoms with van der Waals surface area (Å²) in [7, 11) is 0. The summed E-state index contributed by atoms with van der Waals surface area (Å²) in [4.78, 5) is 23.2. The maximum absolute atomic E-state index is 12.1. The van der Waals surface area contributed by atoms with E-state index in [0.717, 1.165) is 36.3 Å². The zero-order valence-electron chi connectivity index (χ0n) is 15.0. The second kappa shape index (κ2) is 8.39. The third kappa shape index (κ3) is 4.34. The predicted octanol–water partition coefficient (Wildman–Crippen LogP) is 2.48. The zero-order chi connectivity index (χ0) is 18.4. The molecule has 3 aromatic rings. The molecule has 0 radical (unpaired) electrons. The molecular weight excluding hydrogens is 330 g/mol. The number of likely N-dealkylation sites (N-methyl/N-ethyl adjacent to an activating group) is 1. The Bertz CT molecular complexity index is 859. The van der Waals surface area contributed by atoms with Gasteiger partial charge in [0.1, 0.15) is 5.82 Å². The fraction of sp³-hybridized carbons (Fsp3) is 0.333. The minimum Gasteiger partial charge on any atom is -0.337 e. The highest BCUT2D eigenvalue weighted by atomic mass is 16.2. The number of hydrogen-bond donors (Lipinski definition) is 3. The first-order valence-electron chi connectivity index (χ1n) is 8.72. The summed E-state index contributed by atoms with van der Waals surface area (Å²) in [6.07, 6.45) is 5.31. The SMILES string of the molecule is CCN(CC)CCNC(=O)Nc1ccc2ncc(-c3cn[nH]c3)cc2n1. The summed E-state index contributed by atoms with van der Waals surface area (Å²) >= 11 is 0. The van der Waals surface area contributed by atoms with E-state index in [9.17, 15) is 4.79 Å². The van der Waals surface area contributed by atoms with Gasteiger partial charge in [0.05, 0.1) is 17.2 Å². The fourth-order valence-corrected chi connectivity index (χ4v) is 2.67. The van der Waals surface area contributed by atoms with E-state index in [1.54, 1.807) is 24.7 Å². The maximum Gasteiger partial charge on any atom is 0.320 e. The van der Waals surface area contributed by atoms with Crippen molar-refractivity contribution in [2.75, 3.05) is 31.5 Å². The van der Waals surface area contributed by atoms with Gasteiger partial charge in [0.15, 0.2) is 0 Å². The number of aromatic amines is 1. The summed E-state index contributed by atoms with van der Waals surface area (Å²) in [5, 5.41) is 12.4. The van der Waals surface area contributed by atoms with Crippen LogP contribution in [0.25, 0.3) is 22.2 Å². The standard InChI is InChI=1S/C18H23N7O/c1-3-25(4-2)8-7-19-18(26)24-17-6-5-15-16(23-17)9-13(10-20-15)14-11-21-22-12-14/h5-6,9-12H,3-4,7-8H2,1-2H3,(H,21,22)(H2,19,23,24,26). The Morgan fingerprint density at radius 1 is 1.15 bits per heavy atom. The molecule has 0 unspecified atom stereocenters. The average Bonchev–Trinajstić information content (AvgIpc) is 3.19. The molecule has 3 aromatic heterocycles. The second-order valence-electron chi connectivity index (χ2n) is 5.85. The van der Waals surface area contributed by atoms with Crippen LogP contribution in [0.4, 0.5) is 10.6 Å². The molecule has 0 saturated carbocycles. The van der Waals surface area contributed by atoms with Crippen LogP contribution in [0, 0.1) is 0 Å². The van der Waals surface area contributed by atoms with Crippen LogP contribution in [0.5, 0.6) is 0 Å². The second-order valence-corrected chi connectivity index (χ2v) is 5.85. The van der Waals surface area contributed by atoms with Gasteiger partial charge in [-0.1, -0.05) is 13.8 Å². The molecule has 0 saturated heterocycles. The van der Waals surface area contributed by atoms with Crippen molar-refractivity contribution in [3.8, 4) is 11.1 Å². The molecule has 3 N–H and O–H groups in total. The maximum atomic E-state index is 12.1. The summed E-state index contributed by atoms with van der Waals surface area (Å²) in [6.45, 7) is 7.57. The van der Waals surface area contributed by atoms with E-state index < -0.39 is 0 Å². The lowest BCUT2D eigenvalue weighted by atomic mass is 10.1. The molecule has 0 bridgehead atoms. The Morgan fingerprint density at radius 3 is 2.73 bits per heavy atom. The summed E-state index contributed by atoms with van der Waals surface area (Å²) < 4.78 is 0. The van der Waals surface area contributed by atoms with Crippen LogP contribution in [0.3, 0.4) is 0 Å². The Balaban J connectivity index is 1.65. The molecule has 8 nitrogen and oxygen atoms in total. The first kappa shape index (κ1) is 17.8. The molecule has 2 amide bonds. The van der Waals surface area contributed by atoms with Crippen molar-refractivity contribution in [1.29, 1.82) is 0 Å². The number of hydrogen-bond acceptors (Lipinski definition) is 5. The molecule has 136 valence electrons. The van der Waals surface area contributed by atoms with Gasteiger partial charge in [-0.25, -0.2) is 9.78 Å². The number of nitrogens with one attached hydrogen (secondary N) is 3. The first-order valence-corrected chi connectivity index (χ1v) is 8.72. The summed E-state index contributed by atoms with van der Waals surface area (Å²) in [6, 6.07) is 5.25. The number of anilines is 1. The number of carbonyl (C=O) groups excluding carboxylic acids is 1. The summed E-state index contributed by atoms with van der Waals surface area (Å²) in [5.41, 5.74) is 3.34. The number of carbonyl (C=O) groups is 1. The van der Waals surface area contributed by atoms with Crippen LogP contribution < -0.4 is 10.6 Å². The Hall–Kier alpha value is -3.00. The van der Waals surface area contributed by atoms with Gasteiger partial charge in [-0.05, 0) is 31.3 Å². The third-order valence-electron chi connectivity index (χ3n) is 4.22. The third-order valence-corrected chi connectivity index (χ3v) is 4.22. The topological polar surface area (TPSA) is 98.8 Å². The van der Waals surface area contributed by atoms with Crippen LogP contribution in [-0.2, 0) is 0 Å². The van der Waals surface area contributed by atoms with E-state index in [0.29, 0.717) is 17.9 Å². The van der Waals surface area contributed by atoms with Gasteiger partial charge >= 0.3 is 6.03 Å². The Morgan fingerprint density at radius 2 is 2.00 bits per heavy atom. The molecule has 0 aliphatic heterocycles. The fourth-order valence-electron chi connectivity index (χ4n) is 2.67. The van der Waals surface area contributed by atoms with Crippen molar-refractivity contribution in [3.05, 3.63) is 36.8 Å². The van der Waals surface area contributed by atoms with Crippen LogP contribution in [-0.4, -0.2) is 57.3 Å². The van der Waals surface area contributed by atoms with Crippen LogP contribution in [0.2, 0.25) is 0 Å². The number of urea groups is 1. The van der Waals surface area contributed by atoms with E-state index in [1.807, 2.05) is 12.1 Å². The molecular formula is C18H23N7O. The lowest BCUT2D eigenvalue weighted by Gasteiger charge is -2.18. The van der Waals surface area contributed by atoms with Gasteiger partial charge in [0.25, 0.3) is 0 Å². The molecule has 0 aliphatic carbocycles. The van der Waals surface area contributed by atoms with E-state index >= 15 is 0 Å². The van der Waals surface area contributed by atoms with Crippen LogP contribution in [0.1, 0.15) is 13.8 Å². The number of aromatic nitrogens is 4. The largest absolute Gasteiger partial charge is 0.337 e.